The standard InChI is InChI=1S/C23H27NO4/c1-2-11-26-20-6-3-17(4-7-20)21-14-19(16-24(21)9-10-25)18-5-8-22-23(15-18)28-13-12-27-22/h3-8,10,15,19,21H,2,9,11-14,16H2,1H3/t19?,21-/m1/s1. The molecule has 0 spiro atoms. The summed E-state index contributed by atoms with van der Waals surface area (Å²) >= 11 is 0. The van der Waals surface area contributed by atoms with E-state index in [4.69, 9.17) is 14.2 Å². The smallest absolute Gasteiger partial charge is 0.161 e. The lowest BCUT2D eigenvalue weighted by molar-refractivity contribution is -0.109. The van der Waals surface area contributed by atoms with Crippen LogP contribution in [0.3, 0.4) is 0 Å². The van der Waals surface area contributed by atoms with Gasteiger partial charge < -0.3 is 19.0 Å². The normalized spacial score (nSPS) is 21.5. The highest BCUT2D eigenvalue weighted by atomic mass is 16.6. The minimum Gasteiger partial charge on any atom is -0.494 e. The quantitative estimate of drug-likeness (QED) is 0.679. The molecular weight excluding hydrogens is 354 g/mol. The van der Waals surface area contributed by atoms with Crippen LogP contribution in [-0.2, 0) is 4.79 Å². The number of benzene rings is 2. The molecule has 0 aliphatic carbocycles. The molecule has 0 bridgehead atoms. The SMILES string of the molecule is CCCOc1ccc([C@H]2CC(c3ccc4c(c3)OCCO4)CN2CC=O)cc1. The van der Waals surface area contributed by atoms with Gasteiger partial charge in [0.2, 0.25) is 0 Å². The molecule has 1 fully saturated rings. The van der Waals surface area contributed by atoms with Gasteiger partial charge in [-0.05, 0) is 54.2 Å². The molecule has 5 heteroatoms. The van der Waals surface area contributed by atoms with Crippen LogP contribution in [0.25, 0.3) is 0 Å². The fourth-order valence-corrected chi connectivity index (χ4v) is 4.11. The first-order valence-corrected chi connectivity index (χ1v) is 10.1. The van der Waals surface area contributed by atoms with Crippen LogP contribution in [0.1, 0.15) is 42.9 Å². The van der Waals surface area contributed by atoms with Gasteiger partial charge in [-0.3, -0.25) is 4.90 Å². The van der Waals surface area contributed by atoms with E-state index in [1.54, 1.807) is 0 Å². The van der Waals surface area contributed by atoms with Crippen molar-refractivity contribution in [3.05, 3.63) is 53.6 Å². The van der Waals surface area contributed by atoms with Crippen LogP contribution in [0.5, 0.6) is 17.2 Å². The predicted octanol–water partition coefficient (Wildman–Crippen LogP) is 3.98. The van der Waals surface area contributed by atoms with Gasteiger partial charge in [-0.2, -0.15) is 0 Å². The molecule has 4 rings (SSSR count). The first kappa shape index (κ1) is 18.8. The van der Waals surface area contributed by atoms with E-state index in [2.05, 4.69) is 36.1 Å². The summed E-state index contributed by atoms with van der Waals surface area (Å²) in [5.41, 5.74) is 2.47. The lowest BCUT2D eigenvalue weighted by Gasteiger charge is -2.22. The summed E-state index contributed by atoms with van der Waals surface area (Å²) in [6.07, 6.45) is 2.97. The Balaban J connectivity index is 1.52. The van der Waals surface area contributed by atoms with Crippen molar-refractivity contribution in [2.24, 2.45) is 0 Å². The van der Waals surface area contributed by atoms with E-state index in [9.17, 15) is 4.79 Å². The molecule has 0 N–H and O–H groups in total. The molecule has 0 saturated carbocycles. The van der Waals surface area contributed by atoms with E-state index in [0.29, 0.717) is 25.7 Å². The zero-order valence-electron chi connectivity index (χ0n) is 16.3. The largest absolute Gasteiger partial charge is 0.494 e. The minimum atomic E-state index is 0.226. The van der Waals surface area contributed by atoms with Gasteiger partial charge in [-0.15, -0.1) is 0 Å². The summed E-state index contributed by atoms with van der Waals surface area (Å²) < 4.78 is 17.1. The molecular formula is C23H27NO4. The highest BCUT2D eigenvalue weighted by Crippen LogP contribution is 2.42. The van der Waals surface area contributed by atoms with Crippen LogP contribution in [0.4, 0.5) is 0 Å². The summed E-state index contributed by atoms with van der Waals surface area (Å²) in [6.45, 7) is 5.32. The molecule has 0 aromatic heterocycles. The van der Waals surface area contributed by atoms with Crippen LogP contribution in [0, 0.1) is 0 Å². The summed E-state index contributed by atoms with van der Waals surface area (Å²) in [6, 6.07) is 14.8. The Kier molecular flexibility index (Phi) is 5.81. The maximum absolute atomic E-state index is 11.2. The number of hydrogen-bond donors (Lipinski definition) is 0. The Bertz CT molecular complexity index is 805. The molecule has 2 heterocycles. The third-order valence-corrected chi connectivity index (χ3v) is 5.49. The average molecular weight is 381 g/mol. The second kappa shape index (κ2) is 8.65. The van der Waals surface area contributed by atoms with E-state index >= 15 is 0 Å². The van der Waals surface area contributed by atoms with Crippen molar-refractivity contribution in [3.8, 4) is 17.2 Å². The number of carbonyl (C=O) groups excluding carboxylic acids is 1. The molecule has 148 valence electrons. The van der Waals surface area contributed by atoms with Crippen molar-refractivity contribution in [2.45, 2.75) is 31.7 Å². The number of ether oxygens (including phenoxy) is 3. The fraction of sp³-hybridized carbons (Fsp3) is 0.435. The number of hydrogen-bond acceptors (Lipinski definition) is 5. The first-order valence-electron chi connectivity index (χ1n) is 10.1. The summed E-state index contributed by atoms with van der Waals surface area (Å²) in [7, 11) is 0. The molecule has 2 aliphatic rings. The maximum Gasteiger partial charge on any atom is 0.161 e. The van der Waals surface area contributed by atoms with Crippen molar-refractivity contribution in [1.29, 1.82) is 0 Å². The Hall–Kier alpha value is -2.53. The molecule has 1 unspecified atom stereocenters. The third kappa shape index (κ3) is 3.99. The molecule has 2 aromatic rings. The van der Waals surface area contributed by atoms with E-state index in [-0.39, 0.29) is 6.04 Å². The summed E-state index contributed by atoms with van der Waals surface area (Å²) in [4.78, 5) is 13.5. The van der Waals surface area contributed by atoms with Gasteiger partial charge in [0.15, 0.2) is 11.5 Å². The first-order chi connectivity index (χ1) is 13.8. The maximum atomic E-state index is 11.2. The van der Waals surface area contributed by atoms with Crippen LogP contribution < -0.4 is 14.2 Å². The zero-order chi connectivity index (χ0) is 19.3. The highest BCUT2D eigenvalue weighted by molar-refractivity contribution is 5.53. The lowest BCUT2D eigenvalue weighted by atomic mass is 9.93. The molecule has 2 aromatic carbocycles. The Morgan fingerprint density at radius 1 is 1.07 bits per heavy atom. The van der Waals surface area contributed by atoms with Gasteiger partial charge in [-0.1, -0.05) is 25.1 Å². The minimum absolute atomic E-state index is 0.226. The van der Waals surface area contributed by atoms with E-state index < -0.39 is 0 Å². The fourth-order valence-electron chi connectivity index (χ4n) is 4.11. The average Bonchev–Trinajstić information content (AvgIpc) is 3.16. The van der Waals surface area contributed by atoms with Crippen LogP contribution in [0.2, 0.25) is 0 Å². The molecule has 0 radical (unpaired) electrons. The molecule has 2 aliphatic heterocycles. The summed E-state index contributed by atoms with van der Waals surface area (Å²) in [5.74, 6) is 2.90. The number of rotatable bonds is 7. The Morgan fingerprint density at radius 2 is 1.82 bits per heavy atom. The molecule has 2 atom stereocenters. The van der Waals surface area contributed by atoms with E-state index in [1.807, 2.05) is 18.2 Å². The van der Waals surface area contributed by atoms with Crippen molar-refractivity contribution < 1.29 is 19.0 Å². The third-order valence-electron chi connectivity index (χ3n) is 5.49. The molecule has 5 nitrogen and oxygen atoms in total. The number of carbonyl (C=O) groups is 1. The van der Waals surface area contributed by atoms with Gasteiger partial charge in [0, 0.05) is 12.6 Å². The van der Waals surface area contributed by atoms with Crippen LogP contribution >= 0.6 is 0 Å². The van der Waals surface area contributed by atoms with E-state index in [0.717, 1.165) is 49.5 Å². The second-order valence-corrected chi connectivity index (χ2v) is 7.39. The number of nitrogens with zero attached hydrogens (tertiary/aromatic N) is 1. The van der Waals surface area contributed by atoms with Crippen LogP contribution in [-0.4, -0.2) is 44.1 Å². The number of aldehydes is 1. The Labute approximate surface area is 166 Å². The van der Waals surface area contributed by atoms with Gasteiger partial charge in [0.25, 0.3) is 0 Å². The molecule has 28 heavy (non-hydrogen) atoms. The highest BCUT2D eigenvalue weighted by Gasteiger charge is 2.34. The van der Waals surface area contributed by atoms with Crippen molar-refractivity contribution in [2.75, 3.05) is 32.9 Å². The van der Waals surface area contributed by atoms with Crippen LogP contribution in [0.15, 0.2) is 42.5 Å². The molecule has 0 amide bonds. The van der Waals surface area contributed by atoms with Crippen molar-refractivity contribution in [1.82, 2.24) is 4.90 Å². The lowest BCUT2D eigenvalue weighted by Crippen LogP contribution is -2.25. The van der Waals surface area contributed by atoms with Gasteiger partial charge in [0.05, 0.1) is 13.2 Å². The molecule has 1 saturated heterocycles. The van der Waals surface area contributed by atoms with Gasteiger partial charge in [-0.25, -0.2) is 0 Å². The van der Waals surface area contributed by atoms with E-state index in [1.165, 1.54) is 11.1 Å². The zero-order valence-corrected chi connectivity index (χ0v) is 16.3. The monoisotopic (exact) mass is 381 g/mol. The van der Waals surface area contributed by atoms with Crippen molar-refractivity contribution in [3.63, 3.8) is 0 Å². The topological polar surface area (TPSA) is 48.0 Å². The predicted molar refractivity (Wildman–Crippen MR) is 107 cm³/mol. The second-order valence-electron chi connectivity index (χ2n) is 7.39. The number of likely N-dealkylation sites (tertiary alicyclic amines) is 1. The van der Waals surface area contributed by atoms with Crippen molar-refractivity contribution >= 4 is 6.29 Å². The van der Waals surface area contributed by atoms with Gasteiger partial charge in [0.1, 0.15) is 25.2 Å². The van der Waals surface area contributed by atoms with Gasteiger partial charge >= 0.3 is 0 Å². The summed E-state index contributed by atoms with van der Waals surface area (Å²) in [5, 5.41) is 0. The Morgan fingerprint density at radius 3 is 2.57 bits per heavy atom. The number of fused-ring (bicyclic) bond motifs is 1.